The van der Waals surface area contributed by atoms with Crippen LogP contribution in [0.4, 0.5) is 14.9 Å². The number of fused-ring (bicyclic) bond motifs is 3. The lowest BCUT2D eigenvalue weighted by molar-refractivity contribution is -0.139. The topological polar surface area (TPSA) is 156 Å². The lowest BCUT2D eigenvalue weighted by Crippen LogP contribution is -2.33. The van der Waals surface area contributed by atoms with Gasteiger partial charge in [0.25, 0.3) is 0 Å². The molecule has 0 radical (unpaired) electrons. The van der Waals surface area contributed by atoms with E-state index in [-0.39, 0.29) is 18.2 Å². The third-order valence-electron chi connectivity index (χ3n) is 7.57. The number of carbonyl (C=O) groups is 3. The third kappa shape index (κ3) is 8.09. The summed E-state index contributed by atoms with van der Waals surface area (Å²) in [6.45, 7) is 3.59. The van der Waals surface area contributed by atoms with Crippen LogP contribution in [0.15, 0.2) is 54.6 Å². The molecule has 2 amide bonds. The smallest absolute Gasteiger partial charge is 0.323 e. The van der Waals surface area contributed by atoms with Gasteiger partial charge < -0.3 is 31.1 Å². The Hall–Kier alpha value is -4.54. The maximum absolute atomic E-state index is 14.1. The quantitative estimate of drug-likeness (QED) is 0.167. The van der Waals surface area contributed by atoms with Gasteiger partial charge >= 0.3 is 18.0 Å². The van der Waals surface area contributed by atoms with Gasteiger partial charge in [0.2, 0.25) is 0 Å². The summed E-state index contributed by atoms with van der Waals surface area (Å²) >= 11 is 0. The molecule has 1 aliphatic rings. The van der Waals surface area contributed by atoms with Gasteiger partial charge in [0.1, 0.15) is 12.4 Å². The molecule has 3 aromatic carbocycles. The molecule has 0 spiro atoms. The van der Waals surface area contributed by atoms with E-state index in [1.54, 1.807) is 24.3 Å². The number of carboxylic acid groups (broad SMARTS) is 2. The van der Waals surface area contributed by atoms with Crippen LogP contribution >= 0.6 is 0 Å². The Bertz CT molecular complexity index is 1570. The van der Waals surface area contributed by atoms with E-state index in [1.165, 1.54) is 18.2 Å². The minimum Gasteiger partial charge on any atom is -0.481 e. The van der Waals surface area contributed by atoms with E-state index < -0.39 is 43.1 Å². The molecule has 0 saturated heterocycles. The monoisotopic (exact) mass is 604 g/mol. The molecule has 1 aliphatic carbocycles. The highest BCUT2D eigenvalue weighted by atomic mass is 19.1. The molecule has 0 unspecified atom stereocenters. The van der Waals surface area contributed by atoms with Crippen LogP contribution in [0.2, 0.25) is 0 Å². The van der Waals surface area contributed by atoms with E-state index >= 15 is 0 Å². The Labute approximate surface area is 255 Å². The highest BCUT2D eigenvalue weighted by molar-refractivity contribution is 5.96. The van der Waals surface area contributed by atoms with Crippen LogP contribution in [0.3, 0.4) is 0 Å². The lowest BCUT2D eigenvalue weighted by Gasteiger charge is -2.24. The van der Waals surface area contributed by atoms with E-state index in [9.17, 15) is 29.0 Å². The van der Waals surface area contributed by atoms with Gasteiger partial charge in [0.15, 0.2) is 0 Å². The lowest BCUT2D eigenvalue weighted by atomic mass is 9.80. The molecule has 0 fully saturated rings. The van der Waals surface area contributed by atoms with Crippen LogP contribution in [0.1, 0.15) is 61.3 Å². The molecule has 9 nitrogen and oxygen atoms in total. The second kappa shape index (κ2) is 14.3. The Balaban J connectivity index is 1.90. The predicted molar refractivity (Wildman–Crippen MR) is 166 cm³/mol. The first-order valence-corrected chi connectivity index (χ1v) is 14.5. The number of benzene rings is 3. The van der Waals surface area contributed by atoms with E-state index in [1.807, 2.05) is 12.1 Å². The van der Waals surface area contributed by atoms with Crippen molar-refractivity contribution in [3.05, 3.63) is 82.7 Å². The fourth-order valence-electron chi connectivity index (χ4n) is 5.61. The van der Waals surface area contributed by atoms with Crippen LogP contribution in [-0.4, -0.2) is 57.1 Å². The van der Waals surface area contributed by atoms with Crippen LogP contribution in [0, 0.1) is 5.82 Å². The standard InChI is InChI=1S/C34H37FN2O7/c1-19(2)28-14-22-5-3-4-20-8-11-24(37-34(44)36-18-31(42)43)15-29(20)33(22)32(21-6-9-23(35)10-7-21)27(28)13-12-25(38)16-26(39)17-30(40)41/h6-15,19,25-26,38-39H,3-5,16-18H2,1-2H3,(H,40,41)(H,42,43)(H2,36,37,44)/b13-12+/t25-,26-/m1/s1. The first kappa shape index (κ1) is 32.4. The van der Waals surface area contributed by atoms with Crippen molar-refractivity contribution in [2.24, 2.45) is 0 Å². The van der Waals surface area contributed by atoms with Gasteiger partial charge in [-0.15, -0.1) is 0 Å². The Morgan fingerprint density at radius 2 is 1.64 bits per heavy atom. The average molecular weight is 605 g/mol. The molecule has 0 bridgehead atoms. The van der Waals surface area contributed by atoms with Gasteiger partial charge in [-0.25, -0.2) is 9.18 Å². The summed E-state index contributed by atoms with van der Waals surface area (Å²) in [5.41, 5.74) is 7.73. The predicted octanol–water partition coefficient (Wildman–Crippen LogP) is 5.58. The fourth-order valence-corrected chi connectivity index (χ4v) is 5.61. The zero-order chi connectivity index (χ0) is 32.0. The first-order chi connectivity index (χ1) is 20.9. The van der Waals surface area contributed by atoms with Gasteiger partial charge in [-0.05, 0) is 94.0 Å². The summed E-state index contributed by atoms with van der Waals surface area (Å²) in [5.74, 6) is -2.64. The molecular weight excluding hydrogens is 567 g/mol. The molecule has 0 aliphatic heterocycles. The molecule has 0 heterocycles. The maximum atomic E-state index is 14.1. The van der Waals surface area contributed by atoms with Crippen molar-refractivity contribution in [2.45, 2.75) is 64.1 Å². The fraction of sp³-hybridized carbons (Fsp3) is 0.324. The number of anilines is 1. The van der Waals surface area contributed by atoms with Crippen molar-refractivity contribution >= 4 is 29.7 Å². The number of aryl methyl sites for hydroxylation is 2. The number of aliphatic hydroxyl groups is 2. The van der Waals surface area contributed by atoms with Crippen LogP contribution in [0.5, 0.6) is 0 Å². The van der Waals surface area contributed by atoms with Gasteiger partial charge in [-0.2, -0.15) is 0 Å². The number of amides is 2. The van der Waals surface area contributed by atoms with Crippen LogP contribution in [-0.2, 0) is 22.4 Å². The van der Waals surface area contributed by atoms with Crippen LogP contribution in [0.25, 0.3) is 28.3 Å². The van der Waals surface area contributed by atoms with Crippen molar-refractivity contribution < 1.29 is 39.2 Å². The number of hydrogen-bond donors (Lipinski definition) is 6. The average Bonchev–Trinajstić information content (AvgIpc) is 3.13. The van der Waals surface area contributed by atoms with Gasteiger partial charge in [-0.3, -0.25) is 9.59 Å². The highest BCUT2D eigenvalue weighted by Gasteiger charge is 2.25. The number of aliphatic carboxylic acids is 2. The SMILES string of the molecule is CC(C)c1cc2c(c(-c3ccc(F)cc3)c1/C=C/[C@@H](O)C[C@@H](O)CC(=O)O)-c1cc(NC(=O)NCC(=O)O)ccc1CCC2. The molecule has 0 saturated carbocycles. The number of rotatable bonds is 11. The molecule has 4 rings (SSSR count). The van der Waals surface area contributed by atoms with Crippen LogP contribution < -0.4 is 10.6 Å². The van der Waals surface area contributed by atoms with Gasteiger partial charge in [-0.1, -0.05) is 50.3 Å². The highest BCUT2D eigenvalue weighted by Crippen LogP contribution is 2.46. The van der Waals surface area contributed by atoms with Crippen molar-refractivity contribution in [1.29, 1.82) is 0 Å². The summed E-state index contributed by atoms with van der Waals surface area (Å²) in [6, 6.07) is 13.2. The summed E-state index contributed by atoms with van der Waals surface area (Å²) in [6.07, 6.45) is 2.77. The molecule has 10 heteroatoms. The number of carboxylic acids is 2. The van der Waals surface area contributed by atoms with Crippen molar-refractivity contribution in [1.82, 2.24) is 5.32 Å². The second-order valence-corrected chi connectivity index (χ2v) is 11.3. The number of nitrogens with one attached hydrogen (secondary N) is 2. The minimum atomic E-state index is -1.22. The van der Waals surface area contributed by atoms with Crippen molar-refractivity contribution in [3.63, 3.8) is 0 Å². The zero-order valence-electron chi connectivity index (χ0n) is 24.6. The summed E-state index contributed by atoms with van der Waals surface area (Å²) in [5, 5.41) is 43.6. The molecule has 2 atom stereocenters. The molecule has 0 aromatic heterocycles. The van der Waals surface area contributed by atoms with Gasteiger partial charge in [0, 0.05) is 12.1 Å². The third-order valence-corrected chi connectivity index (χ3v) is 7.57. The number of halogens is 1. The summed E-state index contributed by atoms with van der Waals surface area (Å²) < 4.78 is 14.1. The summed E-state index contributed by atoms with van der Waals surface area (Å²) in [7, 11) is 0. The Morgan fingerprint density at radius 3 is 2.30 bits per heavy atom. The van der Waals surface area contributed by atoms with E-state index in [0.29, 0.717) is 5.69 Å². The molecule has 44 heavy (non-hydrogen) atoms. The Kier molecular flexibility index (Phi) is 10.5. The first-order valence-electron chi connectivity index (χ1n) is 14.5. The number of carbonyl (C=O) groups excluding carboxylic acids is 1. The number of hydrogen-bond acceptors (Lipinski definition) is 5. The van der Waals surface area contributed by atoms with E-state index in [0.717, 1.165) is 63.8 Å². The molecule has 3 aromatic rings. The van der Waals surface area contributed by atoms with E-state index in [4.69, 9.17) is 10.2 Å². The molecular formula is C34H37FN2O7. The normalized spacial score (nSPS) is 14.0. The van der Waals surface area contributed by atoms with E-state index in [2.05, 4.69) is 30.5 Å². The molecule has 232 valence electrons. The Morgan fingerprint density at radius 1 is 0.932 bits per heavy atom. The number of urea groups is 1. The second-order valence-electron chi connectivity index (χ2n) is 11.3. The minimum absolute atomic E-state index is 0.0718. The zero-order valence-corrected chi connectivity index (χ0v) is 24.6. The maximum Gasteiger partial charge on any atom is 0.323 e. The number of aliphatic hydroxyl groups excluding tert-OH is 2. The summed E-state index contributed by atoms with van der Waals surface area (Å²) in [4.78, 5) is 34.3. The largest absolute Gasteiger partial charge is 0.481 e. The van der Waals surface area contributed by atoms with Gasteiger partial charge in [0.05, 0.1) is 18.6 Å². The van der Waals surface area contributed by atoms with Crippen molar-refractivity contribution in [3.8, 4) is 22.3 Å². The van der Waals surface area contributed by atoms with Crippen molar-refractivity contribution in [2.75, 3.05) is 11.9 Å². The molecule has 6 N–H and O–H groups in total.